The van der Waals surface area contributed by atoms with Crippen molar-refractivity contribution >= 4 is 5.91 Å². The first kappa shape index (κ1) is 24.6. The molecule has 0 aliphatic heterocycles. The van der Waals surface area contributed by atoms with E-state index in [0.717, 1.165) is 38.0 Å². The van der Waals surface area contributed by atoms with Crippen LogP contribution >= 0.6 is 0 Å². The van der Waals surface area contributed by atoms with Gasteiger partial charge in [-0.1, -0.05) is 55.7 Å². The van der Waals surface area contributed by atoms with Crippen molar-refractivity contribution in [3.63, 3.8) is 0 Å². The fourth-order valence-corrected chi connectivity index (χ4v) is 4.73. The zero-order valence-electron chi connectivity index (χ0n) is 20.4. The van der Waals surface area contributed by atoms with Crippen LogP contribution in [0.4, 0.5) is 0 Å². The second-order valence-corrected chi connectivity index (χ2v) is 9.51. The van der Waals surface area contributed by atoms with E-state index in [1.54, 1.807) is 19.2 Å². The topological polar surface area (TPSA) is 71.3 Å². The Morgan fingerprint density at radius 2 is 1.71 bits per heavy atom. The lowest BCUT2D eigenvalue weighted by atomic mass is 9.81. The summed E-state index contributed by atoms with van der Waals surface area (Å²) in [5.74, 6) is 2.00. The molecule has 4 rings (SSSR count). The lowest BCUT2D eigenvalue weighted by Crippen LogP contribution is -2.39. The minimum Gasteiger partial charge on any atom is -0.495 e. The molecule has 5 nitrogen and oxygen atoms in total. The van der Waals surface area contributed by atoms with Gasteiger partial charge in [-0.05, 0) is 67.9 Å². The van der Waals surface area contributed by atoms with Crippen LogP contribution in [-0.2, 0) is 6.42 Å². The molecule has 35 heavy (non-hydrogen) atoms. The van der Waals surface area contributed by atoms with Crippen LogP contribution < -0.4 is 14.8 Å². The molecule has 182 valence electrons. The molecule has 5 heteroatoms. The van der Waals surface area contributed by atoms with Crippen molar-refractivity contribution in [2.75, 3.05) is 7.11 Å². The second kappa shape index (κ2) is 12.3. The summed E-state index contributed by atoms with van der Waals surface area (Å²) < 4.78 is 11.4. The van der Waals surface area contributed by atoms with Gasteiger partial charge in [0, 0.05) is 17.7 Å². The number of rotatable bonds is 7. The second-order valence-electron chi connectivity index (χ2n) is 9.51. The fraction of sp³-hybridized carbons (Fsp3) is 0.400. The fourth-order valence-electron chi connectivity index (χ4n) is 4.73. The molecule has 0 saturated heterocycles. The molecule has 2 aromatic rings. The van der Waals surface area contributed by atoms with Gasteiger partial charge in [0.25, 0.3) is 5.91 Å². The molecule has 0 spiro atoms. The van der Waals surface area contributed by atoms with Crippen LogP contribution in [0.25, 0.3) is 0 Å². The summed E-state index contributed by atoms with van der Waals surface area (Å²) in [7, 11) is 1.55. The van der Waals surface area contributed by atoms with Gasteiger partial charge in [0.15, 0.2) is 0 Å². The number of methoxy groups -OCH3 is 1. The first-order chi connectivity index (χ1) is 17.1. The molecule has 2 aliphatic rings. The lowest BCUT2D eigenvalue weighted by Gasteiger charge is -2.29. The highest BCUT2D eigenvalue weighted by molar-refractivity contribution is 5.94. The Bertz CT molecular complexity index is 1110. The van der Waals surface area contributed by atoms with E-state index in [1.165, 1.54) is 24.8 Å². The van der Waals surface area contributed by atoms with Gasteiger partial charge in [0.05, 0.1) is 18.8 Å². The molecule has 0 radical (unpaired) electrons. The molecule has 0 heterocycles. The van der Waals surface area contributed by atoms with Crippen LogP contribution in [0.3, 0.4) is 0 Å². The predicted molar refractivity (Wildman–Crippen MR) is 137 cm³/mol. The molecular formula is C30H34N2O3. The molecule has 2 fully saturated rings. The quantitative estimate of drug-likeness (QED) is 0.526. The largest absolute Gasteiger partial charge is 0.495 e. The van der Waals surface area contributed by atoms with Gasteiger partial charge in [-0.3, -0.25) is 4.79 Å². The molecule has 2 saturated carbocycles. The highest BCUT2D eigenvalue weighted by Gasteiger charge is 2.24. The standard InChI is InChI=1S/C30H34N2O3/c1-34-29-20-28(16-13-25(29)21-31)35-27-17-14-26(15-18-27)32-30(33)24-11-4-2-3-7-22(10-6-12-24)19-23-8-5-9-23/h2-4,6-7,10-13,16,20,23,26-27H,5,8-9,14-15,17-19H2,1H3,(H,32,33). The maximum Gasteiger partial charge on any atom is 0.251 e. The summed E-state index contributed by atoms with van der Waals surface area (Å²) >= 11 is 0. The number of hydrogen-bond donors (Lipinski definition) is 1. The number of nitrogens with zero attached hydrogens (tertiary/aromatic N) is 1. The van der Waals surface area contributed by atoms with Crippen molar-refractivity contribution in [2.45, 2.75) is 63.5 Å². The van der Waals surface area contributed by atoms with Crippen LogP contribution in [0.2, 0.25) is 0 Å². The summed E-state index contributed by atoms with van der Waals surface area (Å²) in [4.78, 5) is 13.0. The lowest BCUT2D eigenvalue weighted by molar-refractivity contribution is 0.0893. The molecule has 0 unspecified atom stereocenters. The van der Waals surface area contributed by atoms with Crippen molar-refractivity contribution in [1.29, 1.82) is 5.26 Å². The predicted octanol–water partition coefficient (Wildman–Crippen LogP) is 6.15. The zero-order chi connectivity index (χ0) is 24.5. The number of carbonyl (C=O) groups is 1. The van der Waals surface area contributed by atoms with Crippen LogP contribution in [0.5, 0.6) is 11.5 Å². The Morgan fingerprint density at radius 3 is 2.43 bits per heavy atom. The van der Waals surface area contributed by atoms with E-state index in [1.807, 2.05) is 36.4 Å². The summed E-state index contributed by atoms with van der Waals surface area (Å²) in [5.41, 5.74) is 2.47. The zero-order valence-corrected chi connectivity index (χ0v) is 20.4. The summed E-state index contributed by atoms with van der Waals surface area (Å²) in [6, 6.07) is 23.6. The molecule has 0 aromatic heterocycles. The Morgan fingerprint density at radius 1 is 0.971 bits per heavy atom. The highest BCUT2D eigenvalue weighted by Crippen LogP contribution is 2.30. The van der Waals surface area contributed by atoms with E-state index in [0.29, 0.717) is 22.6 Å². The van der Waals surface area contributed by atoms with Crippen molar-refractivity contribution in [3.05, 3.63) is 83.4 Å². The minimum absolute atomic E-state index is 0.0365. The third-order valence-electron chi connectivity index (χ3n) is 7.01. The van der Waals surface area contributed by atoms with Crippen molar-refractivity contribution in [1.82, 2.24) is 5.32 Å². The Hall–Kier alpha value is -3.52. The van der Waals surface area contributed by atoms with E-state index in [4.69, 9.17) is 14.7 Å². The average molecular weight is 471 g/mol. The van der Waals surface area contributed by atoms with Crippen LogP contribution in [0.15, 0.2) is 66.7 Å². The van der Waals surface area contributed by atoms with Crippen LogP contribution in [-0.4, -0.2) is 25.2 Å². The number of ether oxygens (including phenoxy) is 2. The van der Waals surface area contributed by atoms with E-state index >= 15 is 0 Å². The Balaban J connectivity index is 1.31. The van der Waals surface area contributed by atoms with Gasteiger partial charge in [-0.25, -0.2) is 0 Å². The van der Waals surface area contributed by atoms with E-state index in [2.05, 4.69) is 29.6 Å². The van der Waals surface area contributed by atoms with Gasteiger partial charge in [0.1, 0.15) is 17.6 Å². The summed E-state index contributed by atoms with van der Waals surface area (Å²) in [6.45, 7) is 0. The maximum absolute atomic E-state index is 13.0. The number of nitrogens with one attached hydrogen (secondary N) is 1. The maximum atomic E-state index is 13.0. The first-order valence-electron chi connectivity index (χ1n) is 12.6. The summed E-state index contributed by atoms with van der Waals surface area (Å²) in [5, 5.41) is 12.4. The van der Waals surface area contributed by atoms with Crippen molar-refractivity contribution in [2.24, 2.45) is 5.92 Å². The average Bonchev–Trinajstić information content (AvgIpc) is 2.85. The molecule has 2 aliphatic carbocycles. The van der Waals surface area contributed by atoms with Gasteiger partial charge in [-0.15, -0.1) is 0 Å². The number of hydrogen-bond acceptors (Lipinski definition) is 4. The molecule has 2 aromatic carbocycles. The minimum atomic E-state index is -0.0365. The third kappa shape index (κ3) is 6.99. The van der Waals surface area contributed by atoms with Gasteiger partial charge < -0.3 is 14.8 Å². The van der Waals surface area contributed by atoms with Crippen molar-refractivity contribution < 1.29 is 14.3 Å². The van der Waals surface area contributed by atoms with Gasteiger partial charge >= 0.3 is 0 Å². The molecule has 0 atom stereocenters. The van der Waals surface area contributed by atoms with E-state index in [-0.39, 0.29) is 18.1 Å². The normalized spacial score (nSPS) is 19.4. The SMILES string of the molecule is COc1cc(OC2CCC(NC(=O)c3cccccc(CC4CCC4)ccc3)CC2)ccc1C#N. The highest BCUT2D eigenvalue weighted by atomic mass is 16.5. The van der Waals surface area contributed by atoms with Crippen LogP contribution in [0, 0.1) is 17.2 Å². The van der Waals surface area contributed by atoms with E-state index < -0.39 is 0 Å². The smallest absolute Gasteiger partial charge is 0.251 e. The Labute approximate surface area is 208 Å². The van der Waals surface area contributed by atoms with Gasteiger partial charge in [-0.2, -0.15) is 5.26 Å². The van der Waals surface area contributed by atoms with Gasteiger partial charge in [0.2, 0.25) is 0 Å². The van der Waals surface area contributed by atoms with Crippen LogP contribution in [0.1, 0.15) is 66.4 Å². The number of benzene rings is 1. The number of carbonyl (C=O) groups excluding carboxylic acids is 1. The van der Waals surface area contributed by atoms with Crippen molar-refractivity contribution in [3.8, 4) is 17.6 Å². The first-order valence-corrected chi connectivity index (χ1v) is 12.6. The third-order valence-corrected chi connectivity index (χ3v) is 7.01. The monoisotopic (exact) mass is 470 g/mol. The molecule has 0 bridgehead atoms. The summed E-state index contributed by atoms with van der Waals surface area (Å²) in [6.07, 6.45) is 8.65. The Kier molecular flexibility index (Phi) is 8.62. The molecule has 1 amide bonds. The molecular weight excluding hydrogens is 436 g/mol. The number of nitriles is 1. The number of amides is 1. The van der Waals surface area contributed by atoms with E-state index in [9.17, 15) is 4.79 Å². The molecule has 1 N–H and O–H groups in total.